The number of benzene rings is 2. The zero-order valence-electron chi connectivity index (χ0n) is 17.4. The highest BCUT2D eigenvalue weighted by atomic mass is 16.6. The lowest BCUT2D eigenvalue weighted by Gasteiger charge is -2.37. The van der Waals surface area contributed by atoms with Gasteiger partial charge in [-0.2, -0.15) is 0 Å². The van der Waals surface area contributed by atoms with E-state index in [1.165, 1.54) is 12.3 Å². The topological polar surface area (TPSA) is 75.7 Å². The SMILES string of the molecule is O=C[B]N[C@@H]1CC[C@@H](C(=O)N2C(=O)OC[C@H]2Cc2ccccc2)[C@H](c2ccccc2)C1. The minimum absolute atomic E-state index is 0.0363. The third kappa shape index (κ3) is 4.88. The summed E-state index contributed by atoms with van der Waals surface area (Å²) in [6, 6.07) is 19.6. The first-order valence-electron chi connectivity index (χ1n) is 10.8. The summed E-state index contributed by atoms with van der Waals surface area (Å²) in [6.45, 7) is 0.223. The number of imide groups is 1. The van der Waals surface area contributed by atoms with Crippen LogP contribution in [-0.4, -0.2) is 49.2 Å². The van der Waals surface area contributed by atoms with Gasteiger partial charge in [0.2, 0.25) is 5.91 Å². The summed E-state index contributed by atoms with van der Waals surface area (Å²) in [5.41, 5.74) is 2.14. The van der Waals surface area contributed by atoms with Gasteiger partial charge in [-0.25, -0.2) is 9.69 Å². The van der Waals surface area contributed by atoms with Gasteiger partial charge in [0.1, 0.15) is 6.61 Å². The average molecular weight is 417 g/mol. The van der Waals surface area contributed by atoms with Crippen LogP contribution in [0.15, 0.2) is 60.7 Å². The number of carbonyl (C=O) groups excluding carboxylic acids is 3. The van der Waals surface area contributed by atoms with Crippen LogP contribution in [0.2, 0.25) is 0 Å². The molecule has 2 fully saturated rings. The molecule has 0 bridgehead atoms. The van der Waals surface area contributed by atoms with Gasteiger partial charge in [0, 0.05) is 5.92 Å². The first-order valence-corrected chi connectivity index (χ1v) is 10.8. The van der Waals surface area contributed by atoms with Crippen molar-refractivity contribution in [1.29, 1.82) is 0 Å². The van der Waals surface area contributed by atoms with Crippen LogP contribution in [-0.2, 0) is 20.7 Å². The molecule has 0 unspecified atom stereocenters. The predicted octanol–water partition coefficient (Wildman–Crippen LogP) is 2.93. The summed E-state index contributed by atoms with van der Waals surface area (Å²) < 4.78 is 5.29. The van der Waals surface area contributed by atoms with Crippen molar-refractivity contribution >= 4 is 25.6 Å². The standard InChI is InChI=1S/C24H26BN2O4/c28-16-25-26-19-11-12-21(22(14-19)18-9-5-2-6-10-18)23(29)27-20(15-31-24(27)30)13-17-7-3-1-4-8-17/h1-10,16,19-22,26H,11-15H2/t19-,20-,21-,22+/m1/s1. The maximum absolute atomic E-state index is 13.7. The number of ether oxygens (including phenoxy) is 1. The van der Waals surface area contributed by atoms with Gasteiger partial charge in [-0.1, -0.05) is 60.7 Å². The Kier molecular flexibility index (Phi) is 6.82. The highest BCUT2D eigenvalue weighted by Crippen LogP contribution is 2.40. The Hall–Kier alpha value is -2.93. The fraction of sp³-hybridized carbons (Fsp3) is 0.375. The number of cyclic esters (lactones) is 1. The van der Waals surface area contributed by atoms with E-state index < -0.39 is 6.09 Å². The van der Waals surface area contributed by atoms with Gasteiger partial charge in [-0.05, 0) is 48.8 Å². The van der Waals surface area contributed by atoms with E-state index >= 15 is 0 Å². The van der Waals surface area contributed by atoms with E-state index in [2.05, 4.69) is 5.23 Å². The highest BCUT2D eigenvalue weighted by molar-refractivity contribution is 6.64. The van der Waals surface area contributed by atoms with Crippen LogP contribution in [0.4, 0.5) is 4.79 Å². The Balaban J connectivity index is 1.55. The molecule has 2 amide bonds. The molecule has 1 aliphatic carbocycles. The molecule has 1 saturated carbocycles. The van der Waals surface area contributed by atoms with Gasteiger partial charge in [0.25, 0.3) is 7.41 Å². The number of amides is 2. The minimum atomic E-state index is -0.549. The summed E-state index contributed by atoms with van der Waals surface area (Å²) in [7, 11) is 1.42. The van der Waals surface area contributed by atoms with E-state index in [9.17, 15) is 14.4 Å². The summed E-state index contributed by atoms with van der Waals surface area (Å²) >= 11 is 0. The minimum Gasteiger partial charge on any atom is -0.447 e. The molecule has 1 radical (unpaired) electrons. The molecule has 1 heterocycles. The number of carbonyl (C=O) groups is 3. The Labute approximate surface area is 183 Å². The Bertz CT molecular complexity index is 908. The zero-order valence-corrected chi connectivity index (χ0v) is 17.4. The summed E-state index contributed by atoms with van der Waals surface area (Å²) in [4.78, 5) is 38.3. The van der Waals surface area contributed by atoms with Gasteiger partial charge in [-0.3, -0.25) is 4.79 Å². The summed E-state index contributed by atoms with van der Waals surface area (Å²) in [5.74, 6) is -0.499. The van der Waals surface area contributed by atoms with E-state index in [1.54, 1.807) is 0 Å². The van der Waals surface area contributed by atoms with Crippen molar-refractivity contribution < 1.29 is 19.1 Å². The second kappa shape index (κ2) is 9.92. The lowest BCUT2D eigenvalue weighted by molar-refractivity contribution is -0.135. The maximum atomic E-state index is 13.7. The molecule has 1 N–H and O–H groups in total. The fourth-order valence-electron chi connectivity index (χ4n) is 4.81. The Morgan fingerprint density at radius 2 is 1.81 bits per heavy atom. The molecule has 7 heteroatoms. The molecule has 0 aromatic heterocycles. The number of nitrogens with one attached hydrogen (secondary N) is 1. The molecule has 2 aromatic rings. The first kappa shape index (κ1) is 21.3. The monoisotopic (exact) mass is 417 g/mol. The van der Waals surface area contributed by atoms with Crippen molar-refractivity contribution in [3.63, 3.8) is 0 Å². The molecule has 0 spiro atoms. The second-order valence-electron chi connectivity index (χ2n) is 8.23. The third-order valence-corrected chi connectivity index (χ3v) is 6.31. The van der Waals surface area contributed by atoms with Gasteiger partial charge in [0.05, 0.1) is 12.2 Å². The van der Waals surface area contributed by atoms with E-state index in [-0.39, 0.29) is 36.4 Å². The van der Waals surface area contributed by atoms with Crippen molar-refractivity contribution in [1.82, 2.24) is 10.1 Å². The van der Waals surface area contributed by atoms with Crippen LogP contribution in [0.5, 0.6) is 0 Å². The normalized spacial score (nSPS) is 25.7. The molecular formula is C24H26BN2O4. The lowest BCUT2D eigenvalue weighted by Crippen LogP contribution is -2.48. The van der Waals surface area contributed by atoms with Crippen LogP contribution in [0.3, 0.4) is 0 Å². The highest BCUT2D eigenvalue weighted by Gasteiger charge is 2.45. The van der Waals surface area contributed by atoms with Crippen LogP contribution >= 0.6 is 0 Å². The van der Waals surface area contributed by atoms with E-state index in [4.69, 9.17) is 4.74 Å². The van der Waals surface area contributed by atoms with Crippen LogP contribution < -0.4 is 5.23 Å². The quantitative estimate of drug-likeness (QED) is 0.554. The molecule has 1 aliphatic heterocycles. The van der Waals surface area contributed by atoms with Gasteiger partial charge in [-0.15, -0.1) is 0 Å². The van der Waals surface area contributed by atoms with Crippen molar-refractivity contribution in [2.45, 2.75) is 43.7 Å². The van der Waals surface area contributed by atoms with Crippen molar-refractivity contribution in [2.24, 2.45) is 5.92 Å². The molecule has 2 aromatic carbocycles. The lowest BCUT2D eigenvalue weighted by atomic mass is 9.71. The third-order valence-electron chi connectivity index (χ3n) is 6.31. The maximum Gasteiger partial charge on any atom is 0.416 e. The molecule has 2 aliphatic rings. The largest absolute Gasteiger partial charge is 0.447 e. The number of hydrogen-bond acceptors (Lipinski definition) is 5. The molecule has 4 atom stereocenters. The van der Waals surface area contributed by atoms with Gasteiger partial charge in [0.15, 0.2) is 0 Å². The van der Waals surface area contributed by atoms with Crippen LogP contribution in [0, 0.1) is 5.92 Å². The van der Waals surface area contributed by atoms with Crippen LogP contribution in [0.1, 0.15) is 36.3 Å². The fourth-order valence-corrected chi connectivity index (χ4v) is 4.81. The van der Waals surface area contributed by atoms with Gasteiger partial charge < -0.3 is 14.8 Å². The van der Waals surface area contributed by atoms with Crippen molar-refractivity contribution in [2.75, 3.05) is 6.61 Å². The molecule has 1 saturated heterocycles. The molecule has 4 rings (SSSR count). The first-order chi connectivity index (χ1) is 15.2. The molecule has 31 heavy (non-hydrogen) atoms. The molecule has 6 nitrogen and oxygen atoms in total. The number of nitrogens with zero attached hydrogens (tertiary/aromatic N) is 1. The number of rotatable bonds is 7. The van der Waals surface area contributed by atoms with Crippen LogP contribution in [0.25, 0.3) is 0 Å². The average Bonchev–Trinajstić information content (AvgIpc) is 3.18. The predicted molar refractivity (Wildman–Crippen MR) is 118 cm³/mol. The van der Waals surface area contributed by atoms with E-state index in [0.717, 1.165) is 30.2 Å². The Morgan fingerprint density at radius 3 is 2.52 bits per heavy atom. The zero-order chi connectivity index (χ0) is 21.6. The molecule has 159 valence electrons. The van der Waals surface area contributed by atoms with Crippen molar-refractivity contribution in [3.05, 3.63) is 71.8 Å². The Morgan fingerprint density at radius 1 is 1.10 bits per heavy atom. The number of hydrogen-bond donors (Lipinski definition) is 1. The van der Waals surface area contributed by atoms with Gasteiger partial charge >= 0.3 is 6.09 Å². The summed E-state index contributed by atoms with van der Waals surface area (Å²) in [5, 5.41) is 3.14. The van der Waals surface area contributed by atoms with E-state index in [0.29, 0.717) is 12.8 Å². The summed E-state index contributed by atoms with van der Waals surface area (Å²) in [6.07, 6.45) is 2.90. The smallest absolute Gasteiger partial charge is 0.416 e. The van der Waals surface area contributed by atoms with E-state index in [1.807, 2.05) is 60.7 Å². The molecular weight excluding hydrogens is 391 g/mol. The van der Waals surface area contributed by atoms with Crippen molar-refractivity contribution in [3.8, 4) is 0 Å². The second-order valence-corrected chi connectivity index (χ2v) is 8.23.